The summed E-state index contributed by atoms with van der Waals surface area (Å²) < 4.78 is 45.2. The predicted molar refractivity (Wildman–Crippen MR) is 193 cm³/mol. The molecule has 4 aliphatic rings. The molecule has 3 unspecified atom stereocenters. The molecule has 0 aliphatic carbocycles. The zero-order chi connectivity index (χ0) is 39.1. The van der Waals surface area contributed by atoms with E-state index in [2.05, 4.69) is 11.8 Å². The standard InChI is InChI=1S/C39H71NO12/c1-14-16-27-39(11,45)32(42)22(5)30-20(3)18-38(10,52-30)34(51-36-29(41)26(40(12)15-2)17-21(4)47-36)23(6)31(24(7)35(44)49-27)50-28-19-37(9,46-13)33(43)25(8)48-28/h20-34,36,41-43,45H,14-19H2,1-13H3/t20?,21-,22-,23+,24-,25+,26+,27-,28?,29-,30?,31+,32-,33+,34-,36+,37-,38-,39-/m1/s1. The van der Waals surface area contributed by atoms with Crippen LogP contribution in [0.5, 0.6) is 0 Å². The van der Waals surface area contributed by atoms with Crippen LogP contribution in [0.4, 0.5) is 0 Å². The van der Waals surface area contributed by atoms with Gasteiger partial charge in [-0.1, -0.05) is 41.0 Å². The Kier molecular flexibility index (Phi) is 14.3. The first-order valence-corrected chi connectivity index (χ1v) is 19.7. The number of ether oxygens (including phenoxy) is 7. The molecule has 52 heavy (non-hydrogen) atoms. The fourth-order valence-corrected chi connectivity index (χ4v) is 9.48. The summed E-state index contributed by atoms with van der Waals surface area (Å²) >= 11 is 0. The Morgan fingerprint density at radius 3 is 2.17 bits per heavy atom. The lowest BCUT2D eigenvalue weighted by Gasteiger charge is -2.49. The molecule has 4 fully saturated rings. The van der Waals surface area contributed by atoms with Gasteiger partial charge in [-0.15, -0.1) is 0 Å². The molecular formula is C39H71NO12. The van der Waals surface area contributed by atoms with E-state index >= 15 is 0 Å². The summed E-state index contributed by atoms with van der Waals surface area (Å²) in [5.74, 6) is -2.71. The number of fused-ring (bicyclic) bond motifs is 2. The van der Waals surface area contributed by atoms with Crippen molar-refractivity contribution in [2.45, 2.75) is 199 Å². The minimum atomic E-state index is -1.78. The molecule has 0 aromatic rings. The summed E-state index contributed by atoms with van der Waals surface area (Å²) in [4.78, 5) is 16.4. The molecule has 0 radical (unpaired) electrons. The Hall–Kier alpha value is -0.970. The minimum absolute atomic E-state index is 0.0582. The number of aliphatic hydroxyl groups excluding tert-OH is 3. The average molecular weight is 746 g/mol. The van der Waals surface area contributed by atoms with Crippen LogP contribution in [0.1, 0.15) is 108 Å². The summed E-state index contributed by atoms with van der Waals surface area (Å²) in [5, 5.41) is 46.4. The number of methoxy groups -OCH3 is 1. The number of hydrogen-bond acceptors (Lipinski definition) is 13. The van der Waals surface area contributed by atoms with E-state index in [0.29, 0.717) is 25.7 Å². The van der Waals surface area contributed by atoms with Gasteiger partial charge in [-0.25, -0.2) is 0 Å². The van der Waals surface area contributed by atoms with Crippen LogP contribution in [0.2, 0.25) is 0 Å². The molecule has 0 spiro atoms. The highest BCUT2D eigenvalue weighted by Gasteiger charge is 2.58. The molecule has 13 nitrogen and oxygen atoms in total. The first-order valence-electron chi connectivity index (χ1n) is 19.7. The SMILES string of the molecule is CCC[C@H]1OC(=O)[C@H](C)[C@@H](OC2C[C@@](C)(OC)[C@@H](O)[C@H](C)O2)[C@H](C)[C@@H](O[C@@H]2O[C@H](C)C[C@H](N(C)CC)[C@H]2O)[C@@]2(C)CC(C)C(O2)[C@@H](C)[C@@H](O)[C@]1(C)O. The molecule has 0 aromatic carbocycles. The lowest BCUT2D eigenvalue weighted by atomic mass is 9.76. The summed E-state index contributed by atoms with van der Waals surface area (Å²) in [6.45, 7) is 21.3. The van der Waals surface area contributed by atoms with E-state index in [-0.39, 0.29) is 24.5 Å². The number of likely N-dealkylation sites (N-methyl/N-ethyl adjacent to an activating group) is 1. The third-order valence-corrected chi connectivity index (χ3v) is 13.0. The van der Waals surface area contributed by atoms with Crippen LogP contribution < -0.4 is 0 Å². The quantitative estimate of drug-likeness (QED) is 0.254. The van der Waals surface area contributed by atoms with Crippen LogP contribution >= 0.6 is 0 Å². The summed E-state index contributed by atoms with van der Waals surface area (Å²) in [6.07, 6.45) is -6.81. The fourth-order valence-electron chi connectivity index (χ4n) is 9.48. The van der Waals surface area contributed by atoms with E-state index in [1.165, 1.54) is 14.0 Å². The van der Waals surface area contributed by atoms with E-state index in [0.717, 1.165) is 6.54 Å². The summed E-state index contributed by atoms with van der Waals surface area (Å²) in [5.41, 5.74) is -3.77. The molecule has 0 aromatic heterocycles. The molecule has 4 saturated heterocycles. The van der Waals surface area contributed by atoms with E-state index in [9.17, 15) is 25.2 Å². The van der Waals surface area contributed by atoms with Gasteiger partial charge in [-0.05, 0) is 80.3 Å². The number of nitrogens with zero attached hydrogens (tertiary/aromatic N) is 1. The summed E-state index contributed by atoms with van der Waals surface area (Å²) in [7, 11) is 3.51. The molecule has 4 rings (SSSR count). The Balaban J connectivity index is 1.84. The van der Waals surface area contributed by atoms with Crippen molar-refractivity contribution in [3.8, 4) is 0 Å². The highest BCUT2D eigenvalue weighted by Crippen LogP contribution is 2.48. The highest BCUT2D eigenvalue weighted by atomic mass is 16.7. The third-order valence-electron chi connectivity index (χ3n) is 13.0. The van der Waals surface area contributed by atoms with Gasteiger partial charge in [0, 0.05) is 31.4 Å². The topological polar surface area (TPSA) is 166 Å². The molecule has 4 aliphatic heterocycles. The van der Waals surface area contributed by atoms with Gasteiger partial charge in [0.15, 0.2) is 12.6 Å². The van der Waals surface area contributed by atoms with Crippen LogP contribution in [0.15, 0.2) is 0 Å². The molecular weight excluding hydrogens is 674 g/mol. The molecule has 13 heteroatoms. The minimum Gasteiger partial charge on any atom is -0.459 e. The smallest absolute Gasteiger partial charge is 0.311 e. The van der Waals surface area contributed by atoms with Gasteiger partial charge >= 0.3 is 5.97 Å². The normalized spacial score (nSPS) is 51.0. The van der Waals surface area contributed by atoms with Crippen LogP contribution in [0.25, 0.3) is 0 Å². The number of cyclic esters (lactones) is 1. The maximum atomic E-state index is 14.3. The molecule has 2 bridgehead atoms. The Morgan fingerprint density at radius 2 is 1.58 bits per heavy atom. The molecule has 304 valence electrons. The molecule has 0 amide bonds. The van der Waals surface area contributed by atoms with Gasteiger partial charge in [-0.2, -0.15) is 0 Å². The second-order valence-electron chi connectivity index (χ2n) is 17.2. The number of rotatable bonds is 9. The molecule has 0 saturated carbocycles. The van der Waals surface area contributed by atoms with Crippen molar-refractivity contribution in [1.29, 1.82) is 0 Å². The lowest BCUT2D eigenvalue weighted by molar-refractivity contribution is -0.319. The fraction of sp³-hybridized carbons (Fsp3) is 0.974. The first-order chi connectivity index (χ1) is 24.1. The third kappa shape index (κ3) is 8.70. The Bertz CT molecular complexity index is 1180. The van der Waals surface area contributed by atoms with Gasteiger partial charge in [0.05, 0.1) is 53.7 Å². The van der Waals surface area contributed by atoms with Gasteiger partial charge in [0.2, 0.25) is 0 Å². The van der Waals surface area contributed by atoms with Gasteiger partial charge in [-0.3, -0.25) is 4.79 Å². The van der Waals surface area contributed by atoms with E-state index < -0.39 is 102 Å². The van der Waals surface area contributed by atoms with Gasteiger partial charge < -0.3 is 58.5 Å². The number of hydrogen-bond donors (Lipinski definition) is 4. The van der Waals surface area contributed by atoms with Crippen molar-refractivity contribution < 1.29 is 58.4 Å². The molecule has 4 heterocycles. The monoisotopic (exact) mass is 745 g/mol. The lowest BCUT2D eigenvalue weighted by Crippen LogP contribution is -2.60. The number of aliphatic hydroxyl groups is 4. The number of esters is 1. The summed E-state index contributed by atoms with van der Waals surface area (Å²) in [6, 6.07) is -0.211. The zero-order valence-electron chi connectivity index (χ0n) is 34.0. The Labute approximate surface area is 311 Å². The number of carbonyl (C=O) groups excluding carboxylic acids is 1. The maximum absolute atomic E-state index is 14.3. The van der Waals surface area contributed by atoms with Crippen LogP contribution in [-0.2, 0) is 38.0 Å². The number of carbonyl (C=O) groups is 1. The predicted octanol–water partition coefficient (Wildman–Crippen LogP) is 3.40. The van der Waals surface area contributed by atoms with Crippen molar-refractivity contribution in [2.75, 3.05) is 20.7 Å². The first kappa shape index (κ1) is 43.8. The molecule has 4 N–H and O–H groups in total. The average Bonchev–Trinajstić information content (AvgIpc) is 3.41. The van der Waals surface area contributed by atoms with Crippen LogP contribution in [0.3, 0.4) is 0 Å². The van der Waals surface area contributed by atoms with Crippen molar-refractivity contribution in [2.24, 2.45) is 23.7 Å². The maximum Gasteiger partial charge on any atom is 0.311 e. The van der Waals surface area contributed by atoms with Crippen molar-refractivity contribution >= 4 is 5.97 Å². The van der Waals surface area contributed by atoms with Crippen molar-refractivity contribution in [3.63, 3.8) is 0 Å². The van der Waals surface area contributed by atoms with E-state index in [1.807, 2.05) is 48.6 Å². The second kappa shape index (κ2) is 17.0. The largest absolute Gasteiger partial charge is 0.459 e. The van der Waals surface area contributed by atoms with Crippen LogP contribution in [-0.4, -0.2) is 142 Å². The molecule has 19 atom stereocenters. The van der Waals surface area contributed by atoms with Gasteiger partial charge in [0.1, 0.15) is 23.9 Å². The zero-order valence-corrected chi connectivity index (χ0v) is 34.0. The second-order valence-corrected chi connectivity index (χ2v) is 17.2. The van der Waals surface area contributed by atoms with E-state index in [4.69, 9.17) is 33.2 Å². The van der Waals surface area contributed by atoms with E-state index in [1.54, 1.807) is 20.8 Å². The highest BCUT2D eigenvalue weighted by molar-refractivity contribution is 5.73. The van der Waals surface area contributed by atoms with Crippen molar-refractivity contribution in [1.82, 2.24) is 4.90 Å². The Morgan fingerprint density at radius 1 is 0.923 bits per heavy atom. The van der Waals surface area contributed by atoms with Gasteiger partial charge in [0.25, 0.3) is 0 Å². The van der Waals surface area contributed by atoms with Crippen LogP contribution in [0, 0.1) is 23.7 Å². The van der Waals surface area contributed by atoms with Crippen molar-refractivity contribution in [3.05, 3.63) is 0 Å².